The lowest BCUT2D eigenvalue weighted by molar-refractivity contribution is -0.116. The van der Waals surface area contributed by atoms with Gasteiger partial charge in [-0.05, 0) is 41.8 Å². The van der Waals surface area contributed by atoms with E-state index in [9.17, 15) is 9.59 Å². The molecule has 2 aliphatic rings. The van der Waals surface area contributed by atoms with Crippen LogP contribution in [0.1, 0.15) is 24.2 Å². The highest BCUT2D eigenvalue weighted by Crippen LogP contribution is 2.31. The molecule has 0 radical (unpaired) electrons. The van der Waals surface area contributed by atoms with Gasteiger partial charge in [-0.2, -0.15) is 0 Å². The number of nitrogens with zero attached hydrogens (tertiary/aromatic N) is 1. The maximum Gasteiger partial charge on any atom is 0.277 e. The van der Waals surface area contributed by atoms with Crippen LogP contribution in [-0.4, -0.2) is 17.5 Å². The van der Waals surface area contributed by atoms with Gasteiger partial charge in [-0.1, -0.05) is 37.6 Å². The first kappa shape index (κ1) is 16.4. The highest BCUT2D eigenvalue weighted by atomic mass is 35.5. The number of aliphatic imine (C=N–C) groups is 1. The third-order valence-electron chi connectivity index (χ3n) is 3.99. The van der Waals surface area contributed by atoms with Gasteiger partial charge in [0.05, 0.1) is 5.71 Å². The number of carbonyl (C=O) groups excluding carboxylic acids is 2. The second-order valence-electron chi connectivity index (χ2n) is 6.08. The van der Waals surface area contributed by atoms with Crippen LogP contribution in [0.4, 0.5) is 0 Å². The number of allylic oxidation sites excluding steroid dienone is 3. The molecule has 24 heavy (non-hydrogen) atoms. The third-order valence-corrected chi connectivity index (χ3v) is 4.23. The summed E-state index contributed by atoms with van der Waals surface area (Å²) >= 11 is 5.90. The summed E-state index contributed by atoms with van der Waals surface area (Å²) in [5, 5.41) is 3.33. The van der Waals surface area contributed by atoms with Gasteiger partial charge in [0, 0.05) is 28.3 Å². The molecule has 0 saturated heterocycles. The number of rotatable bonds is 2. The molecule has 1 aliphatic carbocycles. The molecule has 5 heteroatoms. The van der Waals surface area contributed by atoms with Gasteiger partial charge in [0.25, 0.3) is 5.91 Å². The lowest BCUT2D eigenvalue weighted by Gasteiger charge is -2.29. The van der Waals surface area contributed by atoms with E-state index < -0.39 is 0 Å². The van der Waals surface area contributed by atoms with Crippen molar-refractivity contribution in [3.05, 3.63) is 70.4 Å². The van der Waals surface area contributed by atoms with E-state index in [1.54, 1.807) is 36.4 Å². The molecule has 122 valence electrons. The maximum absolute atomic E-state index is 12.3. The molecule has 0 saturated carbocycles. The first-order valence-corrected chi connectivity index (χ1v) is 8.12. The van der Waals surface area contributed by atoms with E-state index in [1.165, 1.54) is 0 Å². The Kier molecular flexibility index (Phi) is 4.49. The molecule has 1 atom stereocenters. The molecule has 0 fully saturated rings. The maximum atomic E-state index is 12.3. The van der Waals surface area contributed by atoms with Crippen LogP contribution in [0.15, 0.2) is 64.8 Å². The summed E-state index contributed by atoms with van der Waals surface area (Å²) in [6, 6.07) is 6.67. The number of fused-ring (bicyclic) bond motifs is 1. The molecule has 3 rings (SSSR count). The Labute approximate surface area is 145 Å². The Morgan fingerprint density at radius 2 is 2.08 bits per heavy atom. The van der Waals surface area contributed by atoms with E-state index in [4.69, 9.17) is 11.6 Å². The first-order chi connectivity index (χ1) is 11.4. The summed E-state index contributed by atoms with van der Waals surface area (Å²) in [5.41, 5.74) is 2.75. The van der Waals surface area contributed by atoms with Crippen molar-refractivity contribution in [3.63, 3.8) is 0 Å². The third kappa shape index (κ3) is 3.39. The zero-order chi connectivity index (χ0) is 17.3. The van der Waals surface area contributed by atoms with Crippen molar-refractivity contribution in [1.29, 1.82) is 0 Å². The largest absolute Gasteiger partial charge is 0.325 e. The molecule has 0 bridgehead atoms. The predicted molar refractivity (Wildman–Crippen MR) is 95.0 cm³/mol. The quantitative estimate of drug-likeness (QED) is 0.892. The van der Waals surface area contributed by atoms with Crippen molar-refractivity contribution in [2.75, 3.05) is 0 Å². The Bertz CT molecular complexity index is 832. The summed E-state index contributed by atoms with van der Waals surface area (Å²) in [4.78, 5) is 28.2. The SMILES string of the molecule is CC(C)C1=CC(=O)NC2=CC(=NC(=O)c3cccc(Cl)c3)C=CC21. The van der Waals surface area contributed by atoms with Gasteiger partial charge in [0.2, 0.25) is 5.91 Å². The fourth-order valence-corrected chi connectivity index (χ4v) is 3.01. The van der Waals surface area contributed by atoms with E-state index >= 15 is 0 Å². The number of hydrogen-bond acceptors (Lipinski definition) is 2. The monoisotopic (exact) mass is 340 g/mol. The molecule has 1 aromatic rings. The van der Waals surface area contributed by atoms with Gasteiger partial charge in [0.15, 0.2) is 0 Å². The molecule has 0 aromatic heterocycles. The molecular formula is C19H17ClN2O2. The Balaban J connectivity index is 1.89. The van der Waals surface area contributed by atoms with Gasteiger partial charge in [-0.3, -0.25) is 9.59 Å². The molecule has 1 N–H and O–H groups in total. The average molecular weight is 341 g/mol. The van der Waals surface area contributed by atoms with Crippen LogP contribution < -0.4 is 5.32 Å². The molecule has 0 spiro atoms. The highest BCUT2D eigenvalue weighted by Gasteiger charge is 2.27. The molecule has 4 nitrogen and oxygen atoms in total. The van der Waals surface area contributed by atoms with Gasteiger partial charge in [0.1, 0.15) is 0 Å². The minimum Gasteiger partial charge on any atom is -0.325 e. The van der Waals surface area contributed by atoms with Crippen LogP contribution in [0.5, 0.6) is 0 Å². The topological polar surface area (TPSA) is 58.5 Å². The van der Waals surface area contributed by atoms with E-state index in [2.05, 4.69) is 24.2 Å². The highest BCUT2D eigenvalue weighted by molar-refractivity contribution is 6.31. The van der Waals surface area contributed by atoms with Crippen molar-refractivity contribution in [2.24, 2.45) is 16.8 Å². The first-order valence-electron chi connectivity index (χ1n) is 7.75. The van der Waals surface area contributed by atoms with Crippen molar-refractivity contribution in [1.82, 2.24) is 5.32 Å². The van der Waals surface area contributed by atoms with Crippen LogP contribution in [0, 0.1) is 11.8 Å². The fraction of sp³-hybridized carbons (Fsp3) is 0.211. The molecule has 1 unspecified atom stereocenters. The van der Waals surface area contributed by atoms with Crippen LogP contribution in [0.25, 0.3) is 0 Å². The van der Waals surface area contributed by atoms with Crippen molar-refractivity contribution >= 4 is 29.1 Å². The summed E-state index contributed by atoms with van der Waals surface area (Å²) in [6.07, 6.45) is 7.17. The second-order valence-corrected chi connectivity index (χ2v) is 6.51. The summed E-state index contributed by atoms with van der Waals surface area (Å²) in [6.45, 7) is 4.12. The van der Waals surface area contributed by atoms with E-state index in [0.29, 0.717) is 16.3 Å². The number of carbonyl (C=O) groups is 2. The lowest BCUT2D eigenvalue weighted by Crippen LogP contribution is -2.34. The number of halogens is 1. The number of nitrogens with one attached hydrogen (secondary N) is 1. The van der Waals surface area contributed by atoms with Crippen LogP contribution in [-0.2, 0) is 4.79 Å². The zero-order valence-electron chi connectivity index (χ0n) is 13.4. The Morgan fingerprint density at radius 1 is 1.29 bits per heavy atom. The van der Waals surface area contributed by atoms with Crippen molar-refractivity contribution in [2.45, 2.75) is 13.8 Å². The zero-order valence-corrected chi connectivity index (χ0v) is 14.2. The van der Waals surface area contributed by atoms with Crippen LogP contribution in [0.3, 0.4) is 0 Å². The summed E-state index contributed by atoms with van der Waals surface area (Å²) in [7, 11) is 0. The number of hydrogen-bond donors (Lipinski definition) is 1. The van der Waals surface area contributed by atoms with Gasteiger partial charge < -0.3 is 5.32 Å². The standard InChI is InChI=1S/C19H17ClN2O2/c1-11(2)16-10-18(23)22-17-9-14(6-7-15(16)17)21-19(24)12-4-3-5-13(20)8-12/h3-11,15H,1-2H3,(H,22,23). The minimum atomic E-state index is -0.366. The van der Waals surface area contributed by atoms with Crippen LogP contribution >= 0.6 is 11.6 Å². The smallest absolute Gasteiger partial charge is 0.277 e. The molecule has 2 amide bonds. The number of benzene rings is 1. The number of amides is 2. The molecule has 1 aromatic carbocycles. The second kappa shape index (κ2) is 6.57. The normalized spacial score (nSPS) is 21.2. The van der Waals surface area contributed by atoms with E-state index in [-0.39, 0.29) is 23.7 Å². The molecule has 1 aliphatic heterocycles. The fourth-order valence-electron chi connectivity index (χ4n) is 2.82. The van der Waals surface area contributed by atoms with Crippen LogP contribution in [0.2, 0.25) is 5.02 Å². The van der Waals surface area contributed by atoms with Gasteiger partial charge in [-0.25, -0.2) is 4.99 Å². The Morgan fingerprint density at radius 3 is 2.79 bits per heavy atom. The lowest BCUT2D eigenvalue weighted by atomic mass is 9.82. The molecular weight excluding hydrogens is 324 g/mol. The average Bonchev–Trinajstić information content (AvgIpc) is 2.53. The Hall–Kier alpha value is -2.46. The molecule has 1 heterocycles. The minimum absolute atomic E-state index is 0.0305. The van der Waals surface area contributed by atoms with E-state index in [0.717, 1.165) is 11.3 Å². The van der Waals surface area contributed by atoms with Crippen molar-refractivity contribution < 1.29 is 9.59 Å². The van der Waals surface area contributed by atoms with Crippen molar-refractivity contribution in [3.8, 4) is 0 Å². The van der Waals surface area contributed by atoms with Gasteiger partial charge >= 0.3 is 0 Å². The predicted octanol–water partition coefficient (Wildman–Crippen LogP) is 3.70. The van der Waals surface area contributed by atoms with Gasteiger partial charge in [-0.15, -0.1) is 0 Å². The van der Waals surface area contributed by atoms with E-state index in [1.807, 2.05) is 12.2 Å². The summed E-state index contributed by atoms with van der Waals surface area (Å²) < 4.78 is 0. The summed E-state index contributed by atoms with van der Waals surface area (Å²) in [5.74, 6) is -0.213.